The quantitative estimate of drug-likeness (QED) is 0.668. The molecular formula is C12H24N2O2. The zero-order chi connectivity index (χ0) is 12.3. The molecule has 0 aliphatic heterocycles. The molecule has 0 bridgehead atoms. The van der Waals surface area contributed by atoms with E-state index in [1.165, 1.54) is 0 Å². The summed E-state index contributed by atoms with van der Waals surface area (Å²) in [6.07, 6.45) is 3.02. The maximum Gasteiger partial charge on any atom is 0.223 e. The fourth-order valence-corrected chi connectivity index (χ4v) is 1.91. The van der Waals surface area contributed by atoms with Gasteiger partial charge in [0.15, 0.2) is 0 Å². The van der Waals surface area contributed by atoms with Gasteiger partial charge >= 0.3 is 0 Å². The van der Waals surface area contributed by atoms with Gasteiger partial charge in [-0.2, -0.15) is 0 Å². The predicted molar refractivity (Wildman–Crippen MR) is 63.8 cm³/mol. The Morgan fingerprint density at radius 1 is 1.38 bits per heavy atom. The fraction of sp³-hybridized carbons (Fsp3) is 0.917. The highest BCUT2D eigenvalue weighted by Crippen LogP contribution is 2.24. The van der Waals surface area contributed by atoms with E-state index < -0.39 is 11.6 Å². The summed E-state index contributed by atoms with van der Waals surface area (Å²) >= 11 is 0. The van der Waals surface area contributed by atoms with Gasteiger partial charge in [-0.1, -0.05) is 0 Å². The normalized spacial score (nSPS) is 28.6. The molecule has 0 saturated heterocycles. The second kappa shape index (κ2) is 5.15. The molecule has 0 aromatic carbocycles. The van der Waals surface area contributed by atoms with E-state index in [0.29, 0.717) is 0 Å². The fourth-order valence-electron chi connectivity index (χ4n) is 1.91. The van der Waals surface area contributed by atoms with Crippen LogP contribution in [0.25, 0.3) is 0 Å². The van der Waals surface area contributed by atoms with Crippen LogP contribution in [0.15, 0.2) is 0 Å². The predicted octanol–water partition coefficient (Wildman–Crippen LogP) is 0.779. The van der Waals surface area contributed by atoms with Gasteiger partial charge in [0.25, 0.3) is 0 Å². The summed E-state index contributed by atoms with van der Waals surface area (Å²) in [4.78, 5) is 12.0. The third-order valence-electron chi connectivity index (χ3n) is 3.63. The first-order chi connectivity index (χ1) is 7.33. The van der Waals surface area contributed by atoms with Crippen LogP contribution in [0.3, 0.4) is 0 Å². The molecule has 0 aromatic heterocycles. The lowest BCUT2D eigenvalue weighted by Crippen LogP contribution is -2.53. The Kier molecular flexibility index (Phi) is 4.33. The summed E-state index contributed by atoms with van der Waals surface area (Å²) < 4.78 is 0. The average molecular weight is 228 g/mol. The van der Waals surface area contributed by atoms with Gasteiger partial charge in [-0.15, -0.1) is 0 Å². The largest absolute Gasteiger partial charge is 0.391 e. The number of carbonyl (C=O) groups is 1. The minimum atomic E-state index is -0.559. The molecule has 1 amide bonds. The first-order valence-electron chi connectivity index (χ1n) is 6.08. The van der Waals surface area contributed by atoms with Gasteiger partial charge in [-0.05, 0) is 46.5 Å². The van der Waals surface area contributed by atoms with Crippen LogP contribution in [0.4, 0.5) is 0 Å². The zero-order valence-electron chi connectivity index (χ0n) is 10.5. The third-order valence-corrected chi connectivity index (χ3v) is 3.63. The third kappa shape index (κ3) is 3.46. The lowest BCUT2D eigenvalue weighted by Gasteiger charge is -2.33. The van der Waals surface area contributed by atoms with E-state index in [4.69, 9.17) is 5.73 Å². The molecule has 4 heteroatoms. The number of rotatable bonds is 3. The molecule has 4 N–H and O–H groups in total. The molecule has 94 valence electrons. The Bertz CT molecular complexity index is 243. The van der Waals surface area contributed by atoms with Crippen molar-refractivity contribution < 1.29 is 9.90 Å². The van der Waals surface area contributed by atoms with E-state index in [-0.39, 0.29) is 17.9 Å². The molecule has 1 rings (SSSR count). The van der Waals surface area contributed by atoms with Crippen LogP contribution < -0.4 is 11.1 Å². The Balaban J connectivity index is 2.46. The van der Waals surface area contributed by atoms with Crippen LogP contribution in [0.5, 0.6) is 0 Å². The minimum absolute atomic E-state index is 0.0535. The molecule has 1 aliphatic carbocycles. The molecule has 16 heavy (non-hydrogen) atoms. The van der Waals surface area contributed by atoms with Crippen molar-refractivity contribution in [2.24, 2.45) is 11.7 Å². The van der Waals surface area contributed by atoms with Crippen LogP contribution in [-0.2, 0) is 4.79 Å². The van der Waals surface area contributed by atoms with E-state index >= 15 is 0 Å². The van der Waals surface area contributed by atoms with Crippen molar-refractivity contribution in [3.05, 3.63) is 0 Å². The van der Waals surface area contributed by atoms with Crippen LogP contribution in [0.2, 0.25) is 0 Å². The molecule has 0 aromatic rings. The summed E-state index contributed by atoms with van der Waals surface area (Å²) in [5.41, 5.74) is 5.24. The van der Waals surface area contributed by atoms with Crippen LogP contribution in [0, 0.1) is 5.92 Å². The van der Waals surface area contributed by atoms with E-state index in [1.54, 1.807) is 6.92 Å². The van der Waals surface area contributed by atoms with Crippen molar-refractivity contribution in [2.45, 2.75) is 64.1 Å². The number of nitrogens with one attached hydrogen (secondary N) is 1. The van der Waals surface area contributed by atoms with Crippen LogP contribution >= 0.6 is 0 Å². The minimum Gasteiger partial charge on any atom is -0.391 e. The molecule has 1 saturated carbocycles. The summed E-state index contributed by atoms with van der Waals surface area (Å²) in [6.45, 7) is 5.37. The van der Waals surface area contributed by atoms with Gasteiger partial charge in [-0.25, -0.2) is 0 Å². The molecule has 0 heterocycles. The van der Waals surface area contributed by atoms with Gasteiger partial charge in [-0.3, -0.25) is 4.79 Å². The van der Waals surface area contributed by atoms with Crippen molar-refractivity contribution in [1.29, 1.82) is 0 Å². The van der Waals surface area contributed by atoms with E-state index in [2.05, 4.69) is 5.32 Å². The monoisotopic (exact) mass is 228 g/mol. The zero-order valence-corrected chi connectivity index (χ0v) is 10.5. The Morgan fingerprint density at radius 3 is 2.31 bits per heavy atom. The highest BCUT2D eigenvalue weighted by Gasteiger charge is 2.31. The number of hydrogen-bond donors (Lipinski definition) is 3. The smallest absolute Gasteiger partial charge is 0.223 e. The second-order valence-electron chi connectivity index (χ2n) is 5.50. The van der Waals surface area contributed by atoms with E-state index in [0.717, 1.165) is 25.7 Å². The number of amides is 1. The molecule has 1 unspecified atom stereocenters. The van der Waals surface area contributed by atoms with Crippen molar-refractivity contribution >= 4 is 5.91 Å². The van der Waals surface area contributed by atoms with Crippen molar-refractivity contribution in [3.63, 3.8) is 0 Å². The number of carbonyl (C=O) groups excluding carboxylic acids is 1. The van der Waals surface area contributed by atoms with Crippen molar-refractivity contribution in [2.75, 3.05) is 0 Å². The van der Waals surface area contributed by atoms with E-state index in [1.807, 2.05) is 13.8 Å². The molecule has 0 spiro atoms. The number of aliphatic hydroxyl groups is 1. The Morgan fingerprint density at radius 2 is 1.88 bits per heavy atom. The van der Waals surface area contributed by atoms with Crippen LogP contribution in [0.1, 0.15) is 46.5 Å². The van der Waals surface area contributed by atoms with E-state index in [9.17, 15) is 9.90 Å². The highest BCUT2D eigenvalue weighted by molar-refractivity contribution is 5.79. The maximum atomic E-state index is 12.0. The lowest BCUT2D eigenvalue weighted by molar-refractivity contribution is -0.129. The molecule has 1 aliphatic rings. The summed E-state index contributed by atoms with van der Waals surface area (Å²) in [5.74, 6) is 0.121. The van der Waals surface area contributed by atoms with Crippen molar-refractivity contribution in [3.8, 4) is 0 Å². The van der Waals surface area contributed by atoms with Gasteiger partial charge in [0.1, 0.15) is 0 Å². The van der Waals surface area contributed by atoms with Crippen LogP contribution in [-0.4, -0.2) is 28.7 Å². The van der Waals surface area contributed by atoms with Gasteiger partial charge < -0.3 is 16.2 Å². The molecule has 4 nitrogen and oxygen atoms in total. The topological polar surface area (TPSA) is 75.3 Å². The Hall–Kier alpha value is -0.610. The highest BCUT2D eigenvalue weighted by atomic mass is 16.3. The van der Waals surface area contributed by atoms with Gasteiger partial charge in [0, 0.05) is 12.0 Å². The molecule has 0 radical (unpaired) electrons. The molecule has 1 fully saturated rings. The van der Waals surface area contributed by atoms with Gasteiger partial charge in [0.2, 0.25) is 5.91 Å². The average Bonchev–Trinajstić information content (AvgIpc) is 2.17. The number of nitrogens with two attached hydrogens (primary N) is 1. The number of aliphatic hydroxyl groups excluding tert-OH is 1. The standard InChI is InChI=1S/C12H24N2O2/c1-8(15)12(2,3)14-11(16)9-4-6-10(13)7-5-9/h8-10,15H,4-7,13H2,1-3H3,(H,14,16). The summed E-state index contributed by atoms with van der Waals surface area (Å²) in [7, 11) is 0. The Labute approximate surface area is 97.6 Å². The SMILES string of the molecule is CC(O)C(C)(C)NC(=O)C1CCC(N)CC1. The van der Waals surface area contributed by atoms with Crippen molar-refractivity contribution in [1.82, 2.24) is 5.32 Å². The lowest BCUT2D eigenvalue weighted by atomic mass is 9.85. The molecular weight excluding hydrogens is 204 g/mol. The first-order valence-corrected chi connectivity index (χ1v) is 6.08. The summed E-state index contributed by atoms with van der Waals surface area (Å²) in [5, 5.41) is 12.4. The number of hydrogen-bond acceptors (Lipinski definition) is 3. The molecule has 1 atom stereocenters. The summed E-state index contributed by atoms with van der Waals surface area (Å²) in [6, 6.07) is 0.258. The second-order valence-corrected chi connectivity index (χ2v) is 5.50. The maximum absolute atomic E-state index is 12.0. The first kappa shape index (κ1) is 13.5. The van der Waals surface area contributed by atoms with Gasteiger partial charge in [0.05, 0.1) is 11.6 Å².